The van der Waals surface area contributed by atoms with Crippen LogP contribution in [0.2, 0.25) is 0 Å². The van der Waals surface area contributed by atoms with E-state index in [0.29, 0.717) is 0 Å². The molecule has 0 N–H and O–H groups in total. The molecule has 0 spiro atoms. The van der Waals surface area contributed by atoms with Gasteiger partial charge < -0.3 is 12.4 Å². The van der Waals surface area contributed by atoms with Crippen molar-refractivity contribution in [2.24, 2.45) is 0 Å². The quantitative estimate of drug-likeness (QED) is 0.436. The molecule has 2 heteroatoms. The standard InChI is InChI=1S/C11H20N.ClH/c1-3-4-5-6-9-12(2)10-7-8-11-12;/h7-8,10-11H,3-6,9H2,1-2H3;1H/q+1;/p-1. The Kier molecular flexibility index (Phi) is 6.10. The lowest BCUT2D eigenvalue weighted by molar-refractivity contribution is -0.804. The molecule has 0 aromatic heterocycles. The molecule has 0 saturated carbocycles. The zero-order chi connectivity index (χ0) is 8.86. The molecule has 0 bridgehead atoms. The lowest BCUT2D eigenvalue weighted by Gasteiger charge is -2.22. The van der Waals surface area contributed by atoms with Crippen LogP contribution in [0.15, 0.2) is 24.6 Å². The Morgan fingerprint density at radius 3 is 2.15 bits per heavy atom. The molecule has 0 aromatic rings. The molecule has 0 amide bonds. The van der Waals surface area contributed by atoms with E-state index in [4.69, 9.17) is 0 Å². The number of hydrogen-bond acceptors (Lipinski definition) is 0. The van der Waals surface area contributed by atoms with Crippen molar-refractivity contribution in [1.82, 2.24) is 0 Å². The van der Waals surface area contributed by atoms with Crippen molar-refractivity contribution in [2.45, 2.75) is 32.6 Å². The first-order chi connectivity index (χ1) is 5.77. The summed E-state index contributed by atoms with van der Waals surface area (Å²) in [4.78, 5) is 0. The Labute approximate surface area is 88.1 Å². The predicted octanol–water partition coefficient (Wildman–Crippen LogP) is 0.0583. The van der Waals surface area contributed by atoms with Crippen LogP contribution in [0.4, 0.5) is 0 Å². The van der Waals surface area contributed by atoms with Gasteiger partial charge in [-0.15, -0.1) is 0 Å². The Hall–Kier alpha value is -0.270. The molecule has 0 saturated heterocycles. The topological polar surface area (TPSA) is 0 Å². The molecule has 13 heavy (non-hydrogen) atoms. The minimum absolute atomic E-state index is 0. The van der Waals surface area contributed by atoms with Gasteiger partial charge in [-0.05, 0) is 25.0 Å². The number of rotatable bonds is 5. The van der Waals surface area contributed by atoms with Gasteiger partial charge in [0.15, 0.2) is 0 Å². The van der Waals surface area contributed by atoms with Crippen molar-refractivity contribution in [1.29, 1.82) is 0 Å². The second-order valence-electron chi connectivity index (χ2n) is 3.81. The highest BCUT2D eigenvalue weighted by molar-refractivity contribution is 5.03. The summed E-state index contributed by atoms with van der Waals surface area (Å²) in [7, 11) is 2.26. The maximum atomic E-state index is 2.26. The lowest BCUT2D eigenvalue weighted by Crippen LogP contribution is -3.00. The van der Waals surface area contributed by atoms with Gasteiger partial charge in [0.25, 0.3) is 0 Å². The first-order valence-corrected chi connectivity index (χ1v) is 4.99. The Morgan fingerprint density at radius 1 is 1.00 bits per heavy atom. The van der Waals surface area contributed by atoms with Crippen LogP contribution in [-0.2, 0) is 0 Å². The van der Waals surface area contributed by atoms with Gasteiger partial charge in [-0.1, -0.05) is 19.8 Å². The Balaban J connectivity index is 0.00000144. The highest BCUT2D eigenvalue weighted by atomic mass is 35.5. The van der Waals surface area contributed by atoms with Gasteiger partial charge in [0.2, 0.25) is 0 Å². The van der Waals surface area contributed by atoms with Crippen molar-refractivity contribution in [3.05, 3.63) is 24.6 Å². The fourth-order valence-electron chi connectivity index (χ4n) is 1.57. The van der Waals surface area contributed by atoms with E-state index >= 15 is 0 Å². The van der Waals surface area contributed by atoms with Gasteiger partial charge in [-0.25, -0.2) is 0 Å². The largest absolute Gasteiger partial charge is 1.00 e. The van der Waals surface area contributed by atoms with Gasteiger partial charge in [-0.3, -0.25) is 4.48 Å². The van der Waals surface area contributed by atoms with E-state index in [9.17, 15) is 0 Å². The summed E-state index contributed by atoms with van der Waals surface area (Å²) in [6.45, 7) is 3.51. The lowest BCUT2D eigenvalue weighted by atomic mass is 10.2. The average Bonchev–Trinajstić information content (AvgIpc) is 2.47. The third-order valence-electron chi connectivity index (χ3n) is 2.46. The summed E-state index contributed by atoms with van der Waals surface area (Å²) in [6.07, 6.45) is 14.2. The fourth-order valence-corrected chi connectivity index (χ4v) is 1.57. The zero-order valence-electron chi connectivity index (χ0n) is 8.67. The summed E-state index contributed by atoms with van der Waals surface area (Å²) >= 11 is 0. The van der Waals surface area contributed by atoms with Gasteiger partial charge >= 0.3 is 0 Å². The van der Waals surface area contributed by atoms with E-state index in [1.165, 1.54) is 32.2 Å². The van der Waals surface area contributed by atoms with Gasteiger partial charge in [0.1, 0.15) is 12.4 Å². The number of halogens is 1. The summed E-state index contributed by atoms with van der Waals surface area (Å²) < 4.78 is 1.00. The van der Waals surface area contributed by atoms with E-state index in [2.05, 4.69) is 38.5 Å². The molecule has 0 unspecified atom stereocenters. The summed E-state index contributed by atoms with van der Waals surface area (Å²) in [5.74, 6) is 0. The molecule has 0 radical (unpaired) electrons. The van der Waals surface area contributed by atoms with Crippen LogP contribution in [0.25, 0.3) is 0 Å². The summed E-state index contributed by atoms with van der Waals surface area (Å²) in [5, 5.41) is 0. The van der Waals surface area contributed by atoms with Crippen LogP contribution >= 0.6 is 0 Å². The monoisotopic (exact) mass is 201 g/mol. The van der Waals surface area contributed by atoms with Crippen LogP contribution in [0.1, 0.15) is 32.6 Å². The van der Waals surface area contributed by atoms with E-state index in [1.807, 2.05) is 0 Å². The van der Waals surface area contributed by atoms with E-state index in [1.54, 1.807) is 0 Å². The Bertz CT molecular complexity index is 173. The molecule has 1 rings (SSSR count). The number of allylic oxidation sites excluding steroid dienone is 2. The highest BCUT2D eigenvalue weighted by Crippen LogP contribution is 2.14. The summed E-state index contributed by atoms with van der Waals surface area (Å²) in [6, 6.07) is 0. The number of unbranched alkanes of at least 4 members (excludes halogenated alkanes) is 3. The zero-order valence-corrected chi connectivity index (χ0v) is 9.43. The second-order valence-corrected chi connectivity index (χ2v) is 3.81. The van der Waals surface area contributed by atoms with Gasteiger partial charge in [0.05, 0.1) is 13.6 Å². The maximum absolute atomic E-state index is 2.26. The molecule has 1 heterocycles. The number of quaternary nitrogens is 1. The summed E-state index contributed by atoms with van der Waals surface area (Å²) in [5.41, 5.74) is 0. The van der Waals surface area contributed by atoms with E-state index in [0.717, 1.165) is 4.48 Å². The van der Waals surface area contributed by atoms with Crippen LogP contribution in [0, 0.1) is 0 Å². The van der Waals surface area contributed by atoms with Crippen molar-refractivity contribution in [2.75, 3.05) is 13.6 Å². The maximum Gasteiger partial charge on any atom is 0.100 e. The SMILES string of the molecule is CCCCCC[N+]1(C)C=CC=C1.[Cl-]. The van der Waals surface area contributed by atoms with E-state index < -0.39 is 0 Å². The molecule has 1 nitrogen and oxygen atoms in total. The van der Waals surface area contributed by atoms with Gasteiger partial charge in [0, 0.05) is 0 Å². The molecular formula is C11H20ClN. The molecule has 1 aliphatic heterocycles. The minimum atomic E-state index is 0. The van der Waals surface area contributed by atoms with Crippen molar-refractivity contribution in [3.8, 4) is 0 Å². The molecule has 1 aliphatic rings. The van der Waals surface area contributed by atoms with Crippen LogP contribution in [0.5, 0.6) is 0 Å². The molecule has 0 fully saturated rings. The third-order valence-corrected chi connectivity index (χ3v) is 2.46. The molecule has 0 aromatic carbocycles. The fraction of sp³-hybridized carbons (Fsp3) is 0.636. The molecular weight excluding hydrogens is 182 g/mol. The van der Waals surface area contributed by atoms with Crippen molar-refractivity contribution in [3.63, 3.8) is 0 Å². The minimum Gasteiger partial charge on any atom is -1.00 e. The first-order valence-electron chi connectivity index (χ1n) is 4.99. The smallest absolute Gasteiger partial charge is 0.100 e. The number of nitrogens with zero attached hydrogens (tertiary/aromatic N) is 1. The predicted molar refractivity (Wildman–Crippen MR) is 53.5 cm³/mol. The highest BCUT2D eigenvalue weighted by Gasteiger charge is 2.16. The number of hydrogen-bond donors (Lipinski definition) is 0. The third kappa shape index (κ3) is 4.49. The van der Waals surface area contributed by atoms with Crippen molar-refractivity contribution < 1.29 is 16.9 Å². The van der Waals surface area contributed by atoms with Crippen LogP contribution in [-0.4, -0.2) is 18.1 Å². The molecule has 0 aliphatic carbocycles. The van der Waals surface area contributed by atoms with Gasteiger partial charge in [-0.2, -0.15) is 0 Å². The van der Waals surface area contributed by atoms with Crippen LogP contribution in [0.3, 0.4) is 0 Å². The molecule has 0 atom stereocenters. The molecule has 76 valence electrons. The normalized spacial score (nSPS) is 17.4. The van der Waals surface area contributed by atoms with Crippen molar-refractivity contribution >= 4 is 0 Å². The van der Waals surface area contributed by atoms with E-state index in [-0.39, 0.29) is 12.4 Å². The van der Waals surface area contributed by atoms with Crippen LogP contribution < -0.4 is 12.4 Å². The first kappa shape index (κ1) is 12.7. The Morgan fingerprint density at radius 2 is 1.62 bits per heavy atom. The second kappa shape index (κ2) is 6.22. The average molecular weight is 202 g/mol.